The summed E-state index contributed by atoms with van der Waals surface area (Å²) in [6.07, 6.45) is 3.98. The predicted octanol–water partition coefficient (Wildman–Crippen LogP) is 5.86. The van der Waals surface area contributed by atoms with E-state index < -0.39 is 5.82 Å². The van der Waals surface area contributed by atoms with Crippen molar-refractivity contribution in [1.29, 1.82) is 0 Å². The van der Waals surface area contributed by atoms with Crippen LogP contribution in [0.3, 0.4) is 0 Å². The fourth-order valence-corrected chi connectivity index (χ4v) is 6.50. The van der Waals surface area contributed by atoms with Crippen LogP contribution >= 0.6 is 34.7 Å². The van der Waals surface area contributed by atoms with Crippen LogP contribution in [0.4, 0.5) is 10.1 Å². The number of aryl methyl sites for hydroxylation is 2. The van der Waals surface area contributed by atoms with E-state index in [1.54, 1.807) is 30.6 Å². The largest absolute Gasteiger partial charge is 0.495 e. The first kappa shape index (κ1) is 23.8. The normalized spacial score (nSPS) is 13.0. The van der Waals surface area contributed by atoms with Crippen molar-refractivity contribution in [3.8, 4) is 11.4 Å². The monoisotopic (exact) mass is 529 g/mol. The number of rotatable bonds is 6. The van der Waals surface area contributed by atoms with E-state index in [0.717, 1.165) is 43.0 Å². The van der Waals surface area contributed by atoms with E-state index in [-0.39, 0.29) is 22.2 Å². The number of carbonyl (C=O) groups excluding carboxylic acids is 1. The fraction of sp³-hybridized carbons (Fsp3) is 0.240. The molecule has 0 saturated carbocycles. The number of hydrogen-bond donors (Lipinski definition) is 1. The van der Waals surface area contributed by atoms with Crippen LogP contribution in [0.25, 0.3) is 15.9 Å². The summed E-state index contributed by atoms with van der Waals surface area (Å²) in [4.78, 5) is 33.3. The Kier molecular flexibility index (Phi) is 6.82. The molecule has 1 aliphatic rings. The summed E-state index contributed by atoms with van der Waals surface area (Å²) >= 11 is 8.53. The molecule has 0 fully saturated rings. The molecular weight excluding hydrogens is 509 g/mol. The first-order valence-electron chi connectivity index (χ1n) is 11.0. The van der Waals surface area contributed by atoms with Gasteiger partial charge in [-0.3, -0.25) is 14.2 Å². The average molecular weight is 530 g/mol. The lowest BCUT2D eigenvalue weighted by atomic mass is 9.97. The molecule has 2 heterocycles. The summed E-state index contributed by atoms with van der Waals surface area (Å²) in [6.45, 7) is 0. The SMILES string of the molecule is COc1ccccc1-n1c(SCC(=O)Nc2ccc(F)c(Cl)c2)nc2sc3c(c2c1=O)CCCC3. The maximum Gasteiger partial charge on any atom is 0.267 e. The van der Waals surface area contributed by atoms with E-state index in [4.69, 9.17) is 21.3 Å². The first-order valence-corrected chi connectivity index (χ1v) is 13.2. The number of fused-ring (bicyclic) bond motifs is 3. The fourth-order valence-electron chi connectivity index (χ4n) is 4.21. The third-order valence-corrected chi connectivity index (χ3v) is 8.23. The van der Waals surface area contributed by atoms with Gasteiger partial charge in [0.15, 0.2) is 5.16 Å². The number of thiophene rings is 1. The van der Waals surface area contributed by atoms with Crippen molar-refractivity contribution in [1.82, 2.24) is 9.55 Å². The van der Waals surface area contributed by atoms with Crippen LogP contribution in [0, 0.1) is 5.82 Å². The number of carbonyl (C=O) groups is 1. The number of para-hydroxylation sites is 2. The summed E-state index contributed by atoms with van der Waals surface area (Å²) < 4.78 is 20.5. The van der Waals surface area contributed by atoms with Crippen LogP contribution in [0.15, 0.2) is 52.4 Å². The van der Waals surface area contributed by atoms with Gasteiger partial charge in [0.05, 0.1) is 29.0 Å². The number of nitrogens with zero attached hydrogens (tertiary/aromatic N) is 2. The number of nitrogens with one attached hydrogen (secondary N) is 1. The van der Waals surface area contributed by atoms with E-state index in [2.05, 4.69) is 5.32 Å². The molecule has 10 heteroatoms. The Morgan fingerprint density at radius 3 is 2.86 bits per heavy atom. The Balaban J connectivity index is 1.54. The Hall–Kier alpha value is -2.88. The lowest BCUT2D eigenvalue weighted by Gasteiger charge is -2.15. The molecule has 0 saturated heterocycles. The van der Waals surface area contributed by atoms with Gasteiger partial charge in [-0.25, -0.2) is 9.37 Å². The zero-order valence-electron chi connectivity index (χ0n) is 18.8. The molecule has 0 spiro atoms. The van der Waals surface area contributed by atoms with Gasteiger partial charge in [-0.15, -0.1) is 11.3 Å². The Morgan fingerprint density at radius 2 is 2.06 bits per heavy atom. The molecule has 1 N–H and O–H groups in total. The Morgan fingerprint density at radius 1 is 1.26 bits per heavy atom. The number of aromatic nitrogens is 2. The molecule has 0 bridgehead atoms. The van der Waals surface area contributed by atoms with Gasteiger partial charge in [-0.1, -0.05) is 35.5 Å². The number of amides is 1. The van der Waals surface area contributed by atoms with Gasteiger partial charge in [0.25, 0.3) is 5.56 Å². The highest BCUT2D eigenvalue weighted by molar-refractivity contribution is 7.99. The lowest BCUT2D eigenvalue weighted by Crippen LogP contribution is -2.23. The zero-order valence-corrected chi connectivity index (χ0v) is 21.2. The van der Waals surface area contributed by atoms with Gasteiger partial charge < -0.3 is 10.1 Å². The molecule has 0 unspecified atom stereocenters. The first-order chi connectivity index (χ1) is 17.0. The van der Waals surface area contributed by atoms with Crippen molar-refractivity contribution in [2.24, 2.45) is 0 Å². The van der Waals surface area contributed by atoms with Crippen LogP contribution in [0.1, 0.15) is 23.3 Å². The maximum atomic E-state index is 13.9. The summed E-state index contributed by atoms with van der Waals surface area (Å²) in [6, 6.07) is 11.2. The smallest absolute Gasteiger partial charge is 0.267 e. The van der Waals surface area contributed by atoms with Gasteiger partial charge in [0.2, 0.25) is 5.91 Å². The van der Waals surface area contributed by atoms with Crippen LogP contribution in [-0.2, 0) is 17.6 Å². The highest BCUT2D eigenvalue weighted by Crippen LogP contribution is 2.36. The maximum absolute atomic E-state index is 13.9. The number of hydrogen-bond acceptors (Lipinski definition) is 6. The minimum atomic E-state index is -0.559. The van der Waals surface area contributed by atoms with Crippen molar-refractivity contribution >= 4 is 56.5 Å². The quantitative estimate of drug-likeness (QED) is 0.250. The highest BCUT2D eigenvalue weighted by Gasteiger charge is 2.24. The third-order valence-electron chi connectivity index (χ3n) is 5.82. The number of ether oxygens (including phenoxy) is 1. The van der Waals surface area contributed by atoms with E-state index in [1.165, 1.54) is 27.6 Å². The molecule has 1 amide bonds. The summed E-state index contributed by atoms with van der Waals surface area (Å²) in [7, 11) is 1.55. The van der Waals surface area contributed by atoms with Crippen LogP contribution in [-0.4, -0.2) is 28.3 Å². The molecule has 6 nitrogen and oxygen atoms in total. The van der Waals surface area contributed by atoms with Crippen molar-refractivity contribution < 1.29 is 13.9 Å². The van der Waals surface area contributed by atoms with Crippen molar-refractivity contribution in [2.75, 3.05) is 18.2 Å². The number of halogens is 2. The van der Waals surface area contributed by atoms with Gasteiger partial charge in [-0.05, 0) is 61.6 Å². The van der Waals surface area contributed by atoms with Gasteiger partial charge in [-0.2, -0.15) is 0 Å². The van der Waals surface area contributed by atoms with Crippen molar-refractivity contribution in [3.05, 3.63) is 74.1 Å². The number of methoxy groups -OCH3 is 1. The lowest BCUT2D eigenvalue weighted by molar-refractivity contribution is -0.113. The predicted molar refractivity (Wildman–Crippen MR) is 139 cm³/mol. The molecule has 4 aromatic rings. The van der Waals surface area contributed by atoms with E-state index >= 15 is 0 Å². The van der Waals surface area contributed by atoms with Crippen LogP contribution < -0.4 is 15.6 Å². The Bertz CT molecular complexity index is 1500. The average Bonchev–Trinajstić information content (AvgIpc) is 3.24. The van der Waals surface area contributed by atoms with E-state index in [0.29, 0.717) is 32.5 Å². The molecule has 35 heavy (non-hydrogen) atoms. The van der Waals surface area contributed by atoms with Gasteiger partial charge in [0.1, 0.15) is 16.4 Å². The summed E-state index contributed by atoms with van der Waals surface area (Å²) in [5.41, 5.74) is 1.89. The van der Waals surface area contributed by atoms with Crippen LogP contribution in [0.5, 0.6) is 5.75 Å². The number of thioether (sulfide) groups is 1. The Labute approximate surface area is 214 Å². The second-order valence-corrected chi connectivity index (χ2v) is 10.5. The second kappa shape index (κ2) is 10.0. The standard InChI is InChI=1S/C25H21ClFN3O3S2/c1-33-19-8-4-3-7-18(19)30-24(32)22-15-6-2-5-9-20(15)35-23(22)29-25(30)34-13-21(31)28-14-10-11-17(27)16(26)12-14/h3-4,7-8,10-12H,2,5-6,9,13H2,1H3,(H,28,31). The van der Waals surface area contributed by atoms with Gasteiger partial charge in [0, 0.05) is 10.6 Å². The topological polar surface area (TPSA) is 73.2 Å². The minimum Gasteiger partial charge on any atom is -0.495 e. The summed E-state index contributed by atoms with van der Waals surface area (Å²) in [5, 5.41) is 3.69. The second-order valence-electron chi connectivity index (χ2n) is 8.06. The molecule has 2 aromatic heterocycles. The molecule has 180 valence electrons. The third kappa shape index (κ3) is 4.68. The molecule has 0 radical (unpaired) electrons. The molecule has 2 aromatic carbocycles. The number of benzene rings is 2. The minimum absolute atomic E-state index is 0.00677. The van der Waals surface area contributed by atoms with E-state index in [1.807, 2.05) is 12.1 Å². The summed E-state index contributed by atoms with van der Waals surface area (Å²) in [5.74, 6) is -0.361. The molecular formula is C25H21ClFN3O3S2. The molecule has 1 aliphatic carbocycles. The van der Waals surface area contributed by atoms with Gasteiger partial charge >= 0.3 is 0 Å². The zero-order chi connectivity index (χ0) is 24.5. The molecule has 5 rings (SSSR count). The van der Waals surface area contributed by atoms with Crippen molar-refractivity contribution in [2.45, 2.75) is 30.8 Å². The molecule has 0 aliphatic heterocycles. The van der Waals surface area contributed by atoms with Crippen molar-refractivity contribution in [3.63, 3.8) is 0 Å². The number of anilines is 1. The molecule has 0 atom stereocenters. The van der Waals surface area contributed by atoms with E-state index in [9.17, 15) is 14.0 Å². The van der Waals surface area contributed by atoms with Crippen LogP contribution in [0.2, 0.25) is 5.02 Å². The highest BCUT2D eigenvalue weighted by atomic mass is 35.5.